The minimum atomic E-state index is -1.10. The van der Waals surface area contributed by atoms with Crippen LogP contribution in [-0.2, 0) is 9.53 Å². The average molecular weight is 318 g/mol. The van der Waals surface area contributed by atoms with Crippen molar-refractivity contribution in [1.29, 1.82) is 0 Å². The van der Waals surface area contributed by atoms with Gasteiger partial charge in [0.2, 0.25) is 0 Å². The van der Waals surface area contributed by atoms with E-state index in [4.69, 9.17) is 4.74 Å². The topological polar surface area (TPSA) is 58.6 Å². The quantitative estimate of drug-likeness (QED) is 0.891. The number of hydrogen-bond acceptors (Lipinski definition) is 3. The molecule has 1 aromatic rings. The van der Waals surface area contributed by atoms with Gasteiger partial charge in [0.05, 0.1) is 19.3 Å². The Morgan fingerprint density at radius 1 is 1.61 bits per heavy atom. The minimum absolute atomic E-state index is 0.0831. The summed E-state index contributed by atoms with van der Waals surface area (Å²) in [6.45, 7) is 0.166. The summed E-state index contributed by atoms with van der Waals surface area (Å²) in [4.78, 5) is 11.4. The van der Waals surface area contributed by atoms with Gasteiger partial charge >= 0.3 is 5.97 Å². The first kappa shape index (κ1) is 13.5. The molecule has 1 aromatic carbocycles. The third-order valence-electron chi connectivity index (χ3n) is 3.26. The predicted molar refractivity (Wildman–Crippen MR) is 66.8 cm³/mol. The second kappa shape index (κ2) is 4.95. The molecule has 0 aromatic heterocycles. The molecule has 2 rings (SSSR count). The number of hydrogen-bond donors (Lipinski definition) is 2. The Morgan fingerprint density at radius 2 is 2.28 bits per heavy atom. The Morgan fingerprint density at radius 3 is 2.72 bits per heavy atom. The molecule has 98 valence electrons. The molecule has 1 heterocycles. The Kier molecular flexibility index (Phi) is 3.70. The maximum atomic E-state index is 13.9. The number of ether oxygens (including phenoxy) is 1. The molecular formula is C12H13BrFNO3. The van der Waals surface area contributed by atoms with Gasteiger partial charge in [-0.05, 0) is 25.2 Å². The average Bonchev–Trinajstić information content (AvgIpc) is 2.26. The first-order chi connectivity index (χ1) is 8.51. The Bertz CT molecular complexity index is 476. The van der Waals surface area contributed by atoms with Crippen LogP contribution in [0.5, 0.6) is 0 Å². The van der Waals surface area contributed by atoms with Crippen molar-refractivity contribution in [3.8, 4) is 0 Å². The van der Waals surface area contributed by atoms with Crippen molar-refractivity contribution < 1.29 is 19.0 Å². The Balaban J connectivity index is 2.45. The maximum Gasteiger partial charge on any atom is 0.316 e. The molecule has 0 radical (unpaired) electrons. The highest BCUT2D eigenvalue weighted by Crippen LogP contribution is 2.42. The number of carboxylic acids is 1. The third kappa shape index (κ3) is 2.04. The molecule has 0 bridgehead atoms. The fourth-order valence-corrected chi connectivity index (χ4v) is 2.58. The second-order valence-electron chi connectivity index (χ2n) is 4.34. The smallest absolute Gasteiger partial charge is 0.316 e. The van der Waals surface area contributed by atoms with Crippen LogP contribution in [0.15, 0.2) is 22.7 Å². The van der Waals surface area contributed by atoms with Crippen molar-refractivity contribution in [3.05, 3.63) is 34.1 Å². The zero-order valence-electron chi connectivity index (χ0n) is 9.74. The lowest BCUT2D eigenvalue weighted by Crippen LogP contribution is -2.56. The van der Waals surface area contributed by atoms with Crippen LogP contribution < -0.4 is 5.32 Å². The maximum absolute atomic E-state index is 13.9. The van der Waals surface area contributed by atoms with E-state index in [1.807, 2.05) is 0 Å². The number of rotatable bonds is 4. The first-order valence-corrected chi connectivity index (χ1v) is 6.24. The molecule has 18 heavy (non-hydrogen) atoms. The molecule has 1 fully saturated rings. The second-order valence-corrected chi connectivity index (χ2v) is 5.26. The molecule has 1 saturated heterocycles. The Hall–Kier alpha value is -0.980. The zero-order valence-corrected chi connectivity index (χ0v) is 11.3. The lowest BCUT2D eigenvalue weighted by Gasteiger charge is -2.43. The molecule has 1 atom stereocenters. The van der Waals surface area contributed by atoms with Crippen molar-refractivity contribution in [2.45, 2.75) is 6.04 Å². The summed E-state index contributed by atoms with van der Waals surface area (Å²) in [7, 11) is 1.62. The summed E-state index contributed by atoms with van der Waals surface area (Å²) < 4.78 is 19.6. The van der Waals surface area contributed by atoms with Gasteiger partial charge in [-0.1, -0.05) is 15.9 Å². The molecule has 0 saturated carbocycles. The zero-order chi connectivity index (χ0) is 13.3. The van der Waals surface area contributed by atoms with Crippen molar-refractivity contribution in [3.63, 3.8) is 0 Å². The van der Waals surface area contributed by atoms with Crippen LogP contribution in [0.25, 0.3) is 0 Å². The normalized spacial score (nSPS) is 19.1. The van der Waals surface area contributed by atoms with E-state index in [0.29, 0.717) is 10.0 Å². The van der Waals surface area contributed by atoms with Crippen LogP contribution in [0.1, 0.15) is 11.6 Å². The van der Waals surface area contributed by atoms with Gasteiger partial charge in [0.25, 0.3) is 0 Å². The van der Waals surface area contributed by atoms with Gasteiger partial charge < -0.3 is 15.2 Å². The summed E-state index contributed by atoms with van der Waals surface area (Å²) in [6, 6.07) is 3.87. The van der Waals surface area contributed by atoms with E-state index in [1.165, 1.54) is 6.07 Å². The lowest BCUT2D eigenvalue weighted by molar-refractivity contribution is -0.186. The molecule has 1 aliphatic heterocycles. The molecular weight excluding hydrogens is 305 g/mol. The molecule has 2 N–H and O–H groups in total. The van der Waals surface area contributed by atoms with Crippen LogP contribution in [0.3, 0.4) is 0 Å². The number of nitrogens with one attached hydrogen (secondary N) is 1. The molecule has 0 amide bonds. The van der Waals surface area contributed by atoms with Crippen LogP contribution in [0.4, 0.5) is 4.39 Å². The van der Waals surface area contributed by atoms with Crippen molar-refractivity contribution in [2.75, 3.05) is 20.3 Å². The molecule has 1 aliphatic rings. The van der Waals surface area contributed by atoms with Gasteiger partial charge in [-0.2, -0.15) is 0 Å². The van der Waals surface area contributed by atoms with E-state index in [-0.39, 0.29) is 13.2 Å². The summed E-state index contributed by atoms with van der Waals surface area (Å²) in [5.41, 5.74) is -0.770. The van der Waals surface area contributed by atoms with Crippen molar-refractivity contribution in [2.24, 2.45) is 5.41 Å². The fourth-order valence-electron chi connectivity index (χ4n) is 2.20. The fraction of sp³-hybridized carbons (Fsp3) is 0.417. The van der Waals surface area contributed by atoms with E-state index in [1.54, 1.807) is 19.2 Å². The van der Waals surface area contributed by atoms with Gasteiger partial charge in [0.15, 0.2) is 0 Å². The SMILES string of the molecule is CNC(c1cc(Br)ccc1F)C1(C(=O)O)COC1. The minimum Gasteiger partial charge on any atom is -0.481 e. The molecule has 0 spiro atoms. The van der Waals surface area contributed by atoms with Crippen LogP contribution in [0, 0.1) is 11.2 Å². The van der Waals surface area contributed by atoms with E-state index in [2.05, 4.69) is 21.2 Å². The first-order valence-electron chi connectivity index (χ1n) is 5.44. The van der Waals surface area contributed by atoms with E-state index in [0.717, 1.165) is 0 Å². The Labute approximate surface area is 112 Å². The summed E-state index contributed by atoms with van der Waals surface area (Å²) in [6.07, 6.45) is 0. The monoisotopic (exact) mass is 317 g/mol. The van der Waals surface area contributed by atoms with E-state index < -0.39 is 23.2 Å². The van der Waals surface area contributed by atoms with E-state index >= 15 is 0 Å². The van der Waals surface area contributed by atoms with Crippen LogP contribution in [-0.4, -0.2) is 31.3 Å². The number of aliphatic carboxylic acids is 1. The van der Waals surface area contributed by atoms with Crippen LogP contribution >= 0.6 is 15.9 Å². The standard InChI is InChI=1S/C12H13BrFNO3/c1-15-10(12(11(16)17)5-18-6-12)8-4-7(13)2-3-9(8)14/h2-4,10,15H,5-6H2,1H3,(H,16,17). The van der Waals surface area contributed by atoms with Gasteiger partial charge in [-0.25, -0.2) is 4.39 Å². The largest absolute Gasteiger partial charge is 0.481 e. The number of benzene rings is 1. The van der Waals surface area contributed by atoms with Gasteiger partial charge in [0, 0.05) is 10.0 Å². The number of carboxylic acid groups (broad SMARTS) is 1. The van der Waals surface area contributed by atoms with Gasteiger partial charge in [-0.15, -0.1) is 0 Å². The number of carbonyl (C=O) groups is 1. The lowest BCUT2D eigenvalue weighted by atomic mass is 9.75. The van der Waals surface area contributed by atoms with Gasteiger partial charge in [-0.3, -0.25) is 4.79 Å². The van der Waals surface area contributed by atoms with Gasteiger partial charge in [0.1, 0.15) is 11.2 Å². The summed E-state index contributed by atoms with van der Waals surface area (Å²) >= 11 is 3.26. The molecule has 4 nitrogen and oxygen atoms in total. The van der Waals surface area contributed by atoms with Crippen molar-refractivity contribution in [1.82, 2.24) is 5.32 Å². The third-order valence-corrected chi connectivity index (χ3v) is 3.75. The van der Waals surface area contributed by atoms with Crippen molar-refractivity contribution >= 4 is 21.9 Å². The predicted octanol–water partition coefficient (Wildman–Crippen LogP) is 1.95. The van der Waals surface area contributed by atoms with Crippen LogP contribution in [0.2, 0.25) is 0 Å². The molecule has 6 heteroatoms. The molecule has 0 aliphatic carbocycles. The summed E-state index contributed by atoms with van der Waals surface area (Å²) in [5.74, 6) is -1.41. The molecule has 1 unspecified atom stereocenters. The summed E-state index contributed by atoms with van der Waals surface area (Å²) in [5, 5.41) is 12.2. The number of halogens is 2. The highest BCUT2D eigenvalue weighted by Gasteiger charge is 2.53. The highest BCUT2D eigenvalue weighted by molar-refractivity contribution is 9.10. The van der Waals surface area contributed by atoms with E-state index in [9.17, 15) is 14.3 Å². The highest BCUT2D eigenvalue weighted by atomic mass is 79.9.